The summed E-state index contributed by atoms with van der Waals surface area (Å²) in [4.78, 5) is 20.0. The second-order valence-corrected chi connectivity index (χ2v) is 6.12. The Bertz CT molecular complexity index is 460. The first kappa shape index (κ1) is 20.2. The minimum atomic E-state index is -0.00503. The Kier molecular flexibility index (Phi) is 10.4. The maximum atomic E-state index is 11.6. The van der Waals surface area contributed by atoms with Crippen molar-refractivity contribution in [2.75, 3.05) is 27.2 Å². The van der Waals surface area contributed by atoms with E-state index in [9.17, 15) is 4.79 Å². The third kappa shape index (κ3) is 8.25. The van der Waals surface area contributed by atoms with E-state index in [2.05, 4.69) is 41.6 Å². The van der Waals surface area contributed by atoms with Crippen molar-refractivity contribution in [1.29, 1.82) is 0 Å². The van der Waals surface area contributed by atoms with E-state index < -0.39 is 0 Å². The van der Waals surface area contributed by atoms with Crippen LogP contribution >= 0.6 is 35.3 Å². The highest BCUT2D eigenvalue weighted by Gasteiger charge is 2.04. The summed E-state index contributed by atoms with van der Waals surface area (Å²) in [5.41, 5.74) is 0. The standard InChI is InChI=1S/C14H24N4OS.HI/c1-5-8-15-14(17-10-13(19)18(3)4)16-9-12-7-6-11(2)20-12;/h6-7H,5,8-10H2,1-4H3,(H2,15,16,17);1H. The van der Waals surface area contributed by atoms with E-state index in [4.69, 9.17) is 0 Å². The second kappa shape index (κ2) is 10.8. The number of amides is 1. The number of thiophene rings is 1. The third-order valence-corrected chi connectivity index (χ3v) is 3.64. The molecule has 0 unspecified atom stereocenters. The molecule has 0 spiro atoms. The van der Waals surface area contributed by atoms with Gasteiger partial charge in [0.1, 0.15) is 6.54 Å². The van der Waals surface area contributed by atoms with Gasteiger partial charge in [0.05, 0.1) is 6.54 Å². The van der Waals surface area contributed by atoms with Crippen LogP contribution in [0.25, 0.3) is 0 Å². The molecule has 1 aromatic rings. The van der Waals surface area contributed by atoms with E-state index in [0.29, 0.717) is 5.96 Å². The zero-order chi connectivity index (χ0) is 15.0. The Morgan fingerprint density at radius 1 is 1.33 bits per heavy atom. The molecular weight excluding hydrogens is 399 g/mol. The van der Waals surface area contributed by atoms with Crippen molar-refractivity contribution in [3.63, 3.8) is 0 Å². The van der Waals surface area contributed by atoms with Crippen LogP contribution in [0.2, 0.25) is 0 Å². The van der Waals surface area contributed by atoms with Crippen LogP contribution in [0.1, 0.15) is 23.1 Å². The summed E-state index contributed by atoms with van der Waals surface area (Å²) in [6.45, 7) is 5.91. The third-order valence-electron chi connectivity index (χ3n) is 2.64. The number of rotatable bonds is 6. The van der Waals surface area contributed by atoms with E-state index >= 15 is 0 Å². The lowest BCUT2D eigenvalue weighted by Gasteiger charge is -2.12. The summed E-state index contributed by atoms with van der Waals surface area (Å²) in [5, 5.41) is 6.47. The summed E-state index contributed by atoms with van der Waals surface area (Å²) < 4.78 is 0. The molecule has 0 aliphatic heterocycles. The van der Waals surface area contributed by atoms with Gasteiger partial charge in [-0.1, -0.05) is 6.92 Å². The van der Waals surface area contributed by atoms with Gasteiger partial charge in [-0.3, -0.25) is 4.79 Å². The normalized spacial score (nSPS) is 10.8. The topological polar surface area (TPSA) is 56.7 Å². The van der Waals surface area contributed by atoms with Crippen LogP contribution in [0.5, 0.6) is 0 Å². The van der Waals surface area contributed by atoms with Gasteiger partial charge in [-0.15, -0.1) is 35.3 Å². The minimum absolute atomic E-state index is 0. The highest BCUT2D eigenvalue weighted by molar-refractivity contribution is 14.0. The molecule has 1 rings (SSSR count). The number of carbonyl (C=O) groups excluding carboxylic acids is 1. The molecule has 1 heterocycles. The van der Waals surface area contributed by atoms with E-state index in [-0.39, 0.29) is 36.4 Å². The lowest BCUT2D eigenvalue weighted by Crippen LogP contribution is -2.38. The molecule has 0 aliphatic carbocycles. The van der Waals surface area contributed by atoms with E-state index in [1.165, 1.54) is 9.75 Å². The Balaban J connectivity index is 0.00000400. The number of aryl methyl sites for hydroxylation is 1. The Labute approximate surface area is 148 Å². The molecule has 1 aromatic heterocycles. The number of carbonyl (C=O) groups is 1. The number of nitrogens with one attached hydrogen (secondary N) is 2. The van der Waals surface area contributed by atoms with Gasteiger partial charge in [0.25, 0.3) is 0 Å². The SMILES string of the molecule is CCCNC(=NCC(=O)N(C)C)NCc1ccc(C)s1.I. The molecule has 5 nitrogen and oxygen atoms in total. The molecule has 0 atom stereocenters. The molecule has 0 aliphatic rings. The quantitative estimate of drug-likeness (QED) is 0.418. The second-order valence-electron chi connectivity index (χ2n) is 4.75. The fourth-order valence-corrected chi connectivity index (χ4v) is 2.29. The molecule has 21 heavy (non-hydrogen) atoms. The van der Waals surface area contributed by atoms with E-state index in [0.717, 1.165) is 19.5 Å². The molecule has 0 aromatic carbocycles. The van der Waals surface area contributed by atoms with Gasteiger partial charge >= 0.3 is 0 Å². The highest BCUT2D eigenvalue weighted by Crippen LogP contribution is 2.14. The smallest absolute Gasteiger partial charge is 0.243 e. The van der Waals surface area contributed by atoms with Crippen molar-refractivity contribution >= 4 is 47.2 Å². The molecule has 2 N–H and O–H groups in total. The van der Waals surface area contributed by atoms with Gasteiger partial charge in [-0.2, -0.15) is 0 Å². The summed E-state index contributed by atoms with van der Waals surface area (Å²) in [5.74, 6) is 0.683. The molecule has 0 fully saturated rings. The first-order valence-electron chi connectivity index (χ1n) is 6.80. The molecule has 0 saturated carbocycles. The lowest BCUT2D eigenvalue weighted by molar-refractivity contribution is -0.127. The van der Waals surface area contributed by atoms with Gasteiger partial charge < -0.3 is 15.5 Å². The molecule has 0 radical (unpaired) electrons. The predicted molar refractivity (Wildman–Crippen MR) is 101 cm³/mol. The maximum absolute atomic E-state index is 11.6. The van der Waals surface area contributed by atoms with Crippen molar-refractivity contribution in [3.8, 4) is 0 Å². The number of hydrogen-bond donors (Lipinski definition) is 2. The monoisotopic (exact) mass is 424 g/mol. The van der Waals surface area contributed by atoms with Crippen LogP contribution < -0.4 is 10.6 Å². The Hall–Kier alpha value is -0.830. The van der Waals surface area contributed by atoms with Crippen LogP contribution in [0.3, 0.4) is 0 Å². The first-order chi connectivity index (χ1) is 9.52. The molecule has 7 heteroatoms. The van der Waals surface area contributed by atoms with Gasteiger partial charge in [0, 0.05) is 30.4 Å². The molecule has 0 saturated heterocycles. The molecule has 120 valence electrons. The summed E-state index contributed by atoms with van der Waals surface area (Å²) >= 11 is 1.76. The predicted octanol–water partition coefficient (Wildman–Crippen LogP) is 2.21. The average molecular weight is 424 g/mol. The van der Waals surface area contributed by atoms with Crippen LogP contribution in [0.4, 0.5) is 0 Å². The maximum Gasteiger partial charge on any atom is 0.243 e. The summed E-state index contributed by atoms with van der Waals surface area (Å²) in [6, 6.07) is 4.21. The first-order valence-corrected chi connectivity index (χ1v) is 7.62. The minimum Gasteiger partial charge on any atom is -0.356 e. The zero-order valence-corrected chi connectivity index (χ0v) is 16.2. The highest BCUT2D eigenvalue weighted by atomic mass is 127. The molecule has 1 amide bonds. The van der Waals surface area contributed by atoms with Crippen LogP contribution in [-0.4, -0.2) is 44.0 Å². The fraction of sp³-hybridized carbons (Fsp3) is 0.571. The van der Waals surface area contributed by atoms with Gasteiger partial charge in [-0.25, -0.2) is 4.99 Å². The average Bonchev–Trinajstić information content (AvgIpc) is 2.83. The fourth-order valence-electron chi connectivity index (χ4n) is 1.46. The number of halogens is 1. The summed E-state index contributed by atoms with van der Waals surface area (Å²) in [6.07, 6.45) is 1.01. The van der Waals surface area contributed by atoms with Crippen molar-refractivity contribution in [3.05, 3.63) is 21.9 Å². The zero-order valence-electron chi connectivity index (χ0n) is 13.1. The van der Waals surface area contributed by atoms with Gasteiger partial charge in [0.2, 0.25) is 5.91 Å². The van der Waals surface area contributed by atoms with E-state index in [1.807, 2.05) is 0 Å². The Morgan fingerprint density at radius 3 is 2.57 bits per heavy atom. The van der Waals surface area contributed by atoms with Gasteiger partial charge in [0.15, 0.2) is 5.96 Å². The summed E-state index contributed by atoms with van der Waals surface area (Å²) in [7, 11) is 3.47. The molecule has 0 bridgehead atoms. The van der Waals surface area contributed by atoms with Crippen LogP contribution in [0.15, 0.2) is 17.1 Å². The van der Waals surface area contributed by atoms with Crippen LogP contribution in [0, 0.1) is 6.92 Å². The number of guanidine groups is 1. The largest absolute Gasteiger partial charge is 0.356 e. The number of hydrogen-bond acceptors (Lipinski definition) is 3. The number of nitrogens with zero attached hydrogens (tertiary/aromatic N) is 2. The van der Waals surface area contributed by atoms with Crippen molar-refractivity contribution in [1.82, 2.24) is 15.5 Å². The van der Waals surface area contributed by atoms with E-state index in [1.54, 1.807) is 30.3 Å². The number of aliphatic imine (C=N–C) groups is 1. The van der Waals surface area contributed by atoms with Crippen molar-refractivity contribution < 1.29 is 4.79 Å². The lowest BCUT2D eigenvalue weighted by atomic mass is 10.4. The van der Waals surface area contributed by atoms with Crippen LogP contribution in [-0.2, 0) is 11.3 Å². The van der Waals surface area contributed by atoms with Gasteiger partial charge in [-0.05, 0) is 25.5 Å². The number of likely N-dealkylation sites (N-methyl/N-ethyl adjacent to an activating group) is 1. The van der Waals surface area contributed by atoms with Crippen molar-refractivity contribution in [2.24, 2.45) is 4.99 Å². The Morgan fingerprint density at radius 2 is 2.05 bits per heavy atom. The molecular formula is C14H25IN4OS. The van der Waals surface area contributed by atoms with Crippen molar-refractivity contribution in [2.45, 2.75) is 26.8 Å².